The number of methoxy groups -OCH3 is 1. The molecular formula is C26H22N4O2S. The van der Waals surface area contributed by atoms with Crippen LogP contribution in [0.3, 0.4) is 0 Å². The van der Waals surface area contributed by atoms with Crippen LogP contribution >= 0.6 is 11.3 Å². The number of carbonyl (C=O) groups is 1. The third-order valence-corrected chi connectivity index (χ3v) is 6.51. The largest absolute Gasteiger partial charge is 0.497 e. The summed E-state index contributed by atoms with van der Waals surface area (Å²) in [5.74, 6) is 0.663. The summed E-state index contributed by atoms with van der Waals surface area (Å²) in [7, 11) is 1.65. The third kappa shape index (κ3) is 4.31. The molecule has 2 N–H and O–H groups in total. The van der Waals surface area contributed by atoms with Gasteiger partial charge in [-0.15, -0.1) is 0 Å². The molecule has 7 heteroatoms. The van der Waals surface area contributed by atoms with Crippen molar-refractivity contribution in [3.8, 4) is 17.0 Å². The van der Waals surface area contributed by atoms with Gasteiger partial charge in [-0.1, -0.05) is 29.5 Å². The van der Waals surface area contributed by atoms with Crippen LogP contribution in [0.2, 0.25) is 0 Å². The third-order valence-electron chi connectivity index (χ3n) is 5.35. The van der Waals surface area contributed by atoms with E-state index in [1.54, 1.807) is 7.11 Å². The summed E-state index contributed by atoms with van der Waals surface area (Å²) in [5.41, 5.74) is 5.43. The first-order valence-electron chi connectivity index (χ1n) is 10.5. The van der Waals surface area contributed by atoms with Crippen molar-refractivity contribution in [3.63, 3.8) is 0 Å². The molecule has 0 radical (unpaired) electrons. The van der Waals surface area contributed by atoms with Gasteiger partial charge in [-0.3, -0.25) is 9.20 Å². The molecule has 5 aromatic rings. The number of aromatic nitrogens is 2. The van der Waals surface area contributed by atoms with Gasteiger partial charge in [0.05, 0.1) is 12.8 Å². The summed E-state index contributed by atoms with van der Waals surface area (Å²) in [6.07, 6.45) is 1.96. The lowest BCUT2D eigenvalue weighted by atomic mass is 10.2. The van der Waals surface area contributed by atoms with Crippen LogP contribution in [-0.2, 0) is 0 Å². The van der Waals surface area contributed by atoms with Crippen molar-refractivity contribution in [2.75, 3.05) is 17.7 Å². The second kappa shape index (κ2) is 8.80. The summed E-state index contributed by atoms with van der Waals surface area (Å²) < 4.78 is 7.18. The standard InChI is InChI=1S/C26H22N4O2S/c1-17-24(33-26-29-23(16-30(17)26)18-8-14-22(32-2)15-9-18)25(31)28-21-12-10-20(11-13-21)27-19-6-4-3-5-7-19/h3-16,27H,1-2H3,(H,28,31). The first-order valence-corrected chi connectivity index (χ1v) is 11.3. The fourth-order valence-electron chi connectivity index (χ4n) is 3.57. The number of hydrogen-bond acceptors (Lipinski definition) is 5. The number of benzene rings is 3. The van der Waals surface area contributed by atoms with Gasteiger partial charge in [0.2, 0.25) is 0 Å². The van der Waals surface area contributed by atoms with Crippen LogP contribution in [0.15, 0.2) is 85.1 Å². The van der Waals surface area contributed by atoms with Crippen molar-refractivity contribution < 1.29 is 9.53 Å². The lowest BCUT2D eigenvalue weighted by Gasteiger charge is -2.08. The Kier molecular flexibility index (Phi) is 5.54. The lowest BCUT2D eigenvalue weighted by molar-refractivity contribution is 0.102. The van der Waals surface area contributed by atoms with E-state index < -0.39 is 0 Å². The summed E-state index contributed by atoms with van der Waals surface area (Å²) >= 11 is 1.38. The Bertz CT molecular complexity index is 1410. The van der Waals surface area contributed by atoms with Crippen LogP contribution in [-0.4, -0.2) is 22.4 Å². The van der Waals surface area contributed by atoms with Crippen molar-refractivity contribution in [2.45, 2.75) is 6.92 Å². The average Bonchev–Trinajstić information content (AvgIpc) is 3.40. The number of imidazole rings is 1. The number of nitrogens with zero attached hydrogens (tertiary/aromatic N) is 2. The molecular weight excluding hydrogens is 432 g/mol. The zero-order chi connectivity index (χ0) is 22.8. The fraction of sp³-hybridized carbons (Fsp3) is 0.0769. The number of aryl methyl sites for hydroxylation is 1. The van der Waals surface area contributed by atoms with Crippen LogP contribution < -0.4 is 15.4 Å². The van der Waals surface area contributed by atoms with E-state index in [-0.39, 0.29) is 5.91 Å². The molecule has 164 valence electrons. The Morgan fingerprint density at radius 2 is 1.58 bits per heavy atom. The van der Waals surface area contributed by atoms with E-state index in [4.69, 9.17) is 9.72 Å². The Morgan fingerprint density at radius 3 is 2.24 bits per heavy atom. The van der Waals surface area contributed by atoms with Crippen molar-refractivity contribution >= 4 is 39.3 Å². The molecule has 0 atom stereocenters. The molecule has 0 unspecified atom stereocenters. The first-order chi connectivity index (χ1) is 16.1. The van der Waals surface area contributed by atoms with Gasteiger partial charge in [0.1, 0.15) is 10.6 Å². The van der Waals surface area contributed by atoms with Gasteiger partial charge in [0.15, 0.2) is 4.96 Å². The molecule has 0 saturated carbocycles. The van der Waals surface area contributed by atoms with Crippen molar-refractivity contribution in [1.29, 1.82) is 0 Å². The maximum absolute atomic E-state index is 12.9. The molecule has 0 fully saturated rings. The highest BCUT2D eigenvalue weighted by molar-refractivity contribution is 7.19. The van der Waals surface area contributed by atoms with E-state index in [1.165, 1.54) is 11.3 Å². The number of para-hydroxylation sites is 1. The van der Waals surface area contributed by atoms with Gasteiger partial charge in [-0.25, -0.2) is 4.98 Å². The number of nitrogens with one attached hydrogen (secondary N) is 2. The van der Waals surface area contributed by atoms with Crippen molar-refractivity contribution in [2.24, 2.45) is 0 Å². The van der Waals surface area contributed by atoms with E-state index in [0.29, 0.717) is 4.88 Å². The molecule has 2 aromatic heterocycles. The summed E-state index contributed by atoms with van der Waals surface area (Å²) in [6, 6.07) is 25.4. The minimum absolute atomic E-state index is 0.141. The second-order valence-electron chi connectivity index (χ2n) is 7.55. The van der Waals surface area contributed by atoms with Gasteiger partial charge in [0.25, 0.3) is 5.91 Å². The number of carbonyl (C=O) groups excluding carboxylic acids is 1. The highest BCUT2D eigenvalue weighted by Gasteiger charge is 2.18. The number of ether oxygens (including phenoxy) is 1. The van der Waals surface area contributed by atoms with Gasteiger partial charge >= 0.3 is 0 Å². The van der Waals surface area contributed by atoms with E-state index in [1.807, 2.05) is 96.4 Å². The number of hydrogen-bond donors (Lipinski definition) is 2. The van der Waals surface area contributed by atoms with Gasteiger partial charge < -0.3 is 15.4 Å². The monoisotopic (exact) mass is 454 g/mol. The Labute approximate surface area is 195 Å². The molecule has 0 spiro atoms. The topological polar surface area (TPSA) is 67.7 Å². The minimum atomic E-state index is -0.141. The molecule has 2 heterocycles. The zero-order valence-electron chi connectivity index (χ0n) is 18.2. The molecule has 0 aliphatic rings. The molecule has 33 heavy (non-hydrogen) atoms. The number of anilines is 3. The van der Waals surface area contributed by atoms with Crippen molar-refractivity contribution in [3.05, 3.63) is 95.6 Å². The number of thiazole rings is 1. The lowest BCUT2D eigenvalue weighted by Crippen LogP contribution is -2.11. The highest BCUT2D eigenvalue weighted by Crippen LogP contribution is 2.29. The number of fused-ring (bicyclic) bond motifs is 1. The van der Waals surface area contributed by atoms with E-state index in [2.05, 4.69) is 10.6 Å². The second-order valence-corrected chi connectivity index (χ2v) is 8.52. The molecule has 0 aliphatic carbocycles. The first kappa shape index (κ1) is 20.8. The minimum Gasteiger partial charge on any atom is -0.497 e. The summed E-state index contributed by atoms with van der Waals surface area (Å²) in [6.45, 7) is 1.94. The van der Waals surface area contributed by atoms with E-state index >= 15 is 0 Å². The van der Waals surface area contributed by atoms with E-state index in [0.717, 1.165) is 44.7 Å². The van der Waals surface area contributed by atoms with Crippen LogP contribution in [0.5, 0.6) is 5.75 Å². The summed E-state index contributed by atoms with van der Waals surface area (Å²) in [5, 5.41) is 6.32. The van der Waals surface area contributed by atoms with Gasteiger partial charge in [-0.2, -0.15) is 0 Å². The SMILES string of the molecule is COc1ccc(-c2cn3c(C)c(C(=O)Nc4ccc(Nc5ccccc5)cc4)sc3n2)cc1. The van der Waals surface area contributed by atoms with Gasteiger partial charge in [0, 0.05) is 34.5 Å². The van der Waals surface area contributed by atoms with Crippen LogP contribution in [0.25, 0.3) is 16.2 Å². The molecule has 0 saturated heterocycles. The van der Waals surface area contributed by atoms with Crippen LogP contribution in [0, 0.1) is 6.92 Å². The number of rotatable bonds is 6. The molecule has 3 aromatic carbocycles. The van der Waals surface area contributed by atoms with Crippen LogP contribution in [0.4, 0.5) is 17.1 Å². The highest BCUT2D eigenvalue weighted by atomic mass is 32.1. The van der Waals surface area contributed by atoms with Crippen molar-refractivity contribution in [1.82, 2.24) is 9.38 Å². The predicted octanol–water partition coefficient (Wildman–Crippen LogP) is 6.38. The molecule has 5 rings (SSSR count). The maximum Gasteiger partial charge on any atom is 0.267 e. The normalized spacial score (nSPS) is 10.8. The van der Waals surface area contributed by atoms with Crippen LogP contribution in [0.1, 0.15) is 15.4 Å². The maximum atomic E-state index is 12.9. The smallest absolute Gasteiger partial charge is 0.267 e. The number of amides is 1. The molecule has 0 bridgehead atoms. The predicted molar refractivity (Wildman–Crippen MR) is 134 cm³/mol. The molecule has 6 nitrogen and oxygen atoms in total. The Hall–Kier alpha value is -4.10. The zero-order valence-corrected chi connectivity index (χ0v) is 19.0. The fourth-order valence-corrected chi connectivity index (χ4v) is 4.58. The van der Waals surface area contributed by atoms with Gasteiger partial charge in [-0.05, 0) is 67.6 Å². The van der Waals surface area contributed by atoms with E-state index in [9.17, 15) is 4.79 Å². The molecule has 0 aliphatic heterocycles. The quantitative estimate of drug-likeness (QED) is 0.313. The Balaban J connectivity index is 1.31. The summed E-state index contributed by atoms with van der Waals surface area (Å²) in [4.78, 5) is 19.1. The average molecular weight is 455 g/mol. The molecule has 1 amide bonds. The Morgan fingerprint density at radius 1 is 0.909 bits per heavy atom.